The van der Waals surface area contributed by atoms with E-state index in [1.165, 1.54) is 19.3 Å². The van der Waals surface area contributed by atoms with Gasteiger partial charge in [0.05, 0.1) is 10.5 Å². The fourth-order valence-corrected chi connectivity index (χ4v) is 2.41. The monoisotopic (exact) mass is 236 g/mol. The average Bonchev–Trinajstić information content (AvgIpc) is 2.57. The average molecular weight is 237 g/mol. The first kappa shape index (κ1) is 9.93. The summed E-state index contributed by atoms with van der Waals surface area (Å²) in [7, 11) is 0. The fraction of sp³-hybridized carbons (Fsp3) is 0.364. The number of nitrogen functional groups attached to an aromatic ring is 1. The minimum Gasteiger partial charge on any atom is -0.306 e. The fourth-order valence-electron chi connectivity index (χ4n) is 2.20. The van der Waals surface area contributed by atoms with Gasteiger partial charge in [0.2, 0.25) is 5.95 Å². The van der Waals surface area contributed by atoms with Gasteiger partial charge in [0.25, 0.3) is 0 Å². The number of para-hydroxylation sites is 1. The summed E-state index contributed by atoms with van der Waals surface area (Å²) in [5, 5.41) is 0.673. The molecule has 1 aliphatic carbocycles. The molecule has 2 aromatic rings. The molecular weight excluding hydrogens is 224 g/mol. The van der Waals surface area contributed by atoms with Crippen molar-refractivity contribution in [2.24, 2.45) is 5.84 Å². The number of fused-ring (bicyclic) bond motifs is 1. The highest BCUT2D eigenvalue weighted by Gasteiger charge is 2.24. The SMILES string of the molecule is NNc1nc2c(Cl)cccc2n1C1CCC1. The minimum absolute atomic E-state index is 0.509. The van der Waals surface area contributed by atoms with E-state index < -0.39 is 0 Å². The summed E-state index contributed by atoms with van der Waals surface area (Å²) in [6, 6.07) is 6.34. The van der Waals surface area contributed by atoms with Gasteiger partial charge in [0.15, 0.2) is 0 Å². The predicted octanol–water partition coefficient (Wildman–Crippen LogP) is 2.70. The quantitative estimate of drug-likeness (QED) is 0.623. The number of rotatable bonds is 2. The van der Waals surface area contributed by atoms with Crippen molar-refractivity contribution in [3.8, 4) is 0 Å². The molecule has 16 heavy (non-hydrogen) atoms. The van der Waals surface area contributed by atoms with Crippen molar-refractivity contribution >= 4 is 28.6 Å². The molecule has 0 atom stereocenters. The topological polar surface area (TPSA) is 55.9 Å². The Bertz CT molecular complexity index is 530. The van der Waals surface area contributed by atoms with Crippen LogP contribution in [0.3, 0.4) is 0 Å². The van der Waals surface area contributed by atoms with Crippen LogP contribution in [0, 0.1) is 0 Å². The molecule has 0 unspecified atom stereocenters. The van der Waals surface area contributed by atoms with Crippen LogP contribution in [0.4, 0.5) is 5.95 Å². The molecule has 1 heterocycles. The lowest BCUT2D eigenvalue weighted by Gasteiger charge is -2.28. The summed E-state index contributed by atoms with van der Waals surface area (Å²) >= 11 is 6.12. The van der Waals surface area contributed by atoms with Crippen LogP contribution < -0.4 is 11.3 Å². The van der Waals surface area contributed by atoms with Crippen LogP contribution in [0.15, 0.2) is 18.2 Å². The number of halogens is 1. The van der Waals surface area contributed by atoms with Gasteiger partial charge < -0.3 is 4.57 Å². The van der Waals surface area contributed by atoms with Crippen LogP contribution in [0.2, 0.25) is 5.02 Å². The van der Waals surface area contributed by atoms with Crippen LogP contribution in [-0.4, -0.2) is 9.55 Å². The van der Waals surface area contributed by atoms with E-state index >= 15 is 0 Å². The molecule has 3 N–H and O–H groups in total. The predicted molar refractivity (Wildman–Crippen MR) is 65.4 cm³/mol. The lowest BCUT2D eigenvalue weighted by atomic mass is 9.93. The third-order valence-electron chi connectivity index (χ3n) is 3.24. The number of hydrogen-bond acceptors (Lipinski definition) is 3. The molecule has 84 valence electrons. The molecule has 3 rings (SSSR count). The lowest BCUT2D eigenvalue weighted by Crippen LogP contribution is -2.21. The number of hydrazine groups is 1. The van der Waals surface area contributed by atoms with E-state index in [0.717, 1.165) is 11.0 Å². The number of benzene rings is 1. The van der Waals surface area contributed by atoms with Crippen LogP contribution in [0.25, 0.3) is 11.0 Å². The van der Waals surface area contributed by atoms with Crippen molar-refractivity contribution in [3.05, 3.63) is 23.2 Å². The van der Waals surface area contributed by atoms with Crippen LogP contribution >= 0.6 is 11.6 Å². The Labute approximate surface area is 98.4 Å². The highest BCUT2D eigenvalue weighted by molar-refractivity contribution is 6.35. The summed E-state index contributed by atoms with van der Waals surface area (Å²) in [6.45, 7) is 0. The van der Waals surface area contributed by atoms with Gasteiger partial charge >= 0.3 is 0 Å². The number of aromatic nitrogens is 2. The molecule has 0 bridgehead atoms. The number of anilines is 1. The Morgan fingerprint density at radius 2 is 2.25 bits per heavy atom. The van der Waals surface area contributed by atoms with Crippen LogP contribution in [-0.2, 0) is 0 Å². The number of imidazole rings is 1. The Balaban J connectivity index is 2.26. The van der Waals surface area contributed by atoms with Gasteiger partial charge in [-0.15, -0.1) is 0 Å². The van der Waals surface area contributed by atoms with Gasteiger partial charge in [-0.2, -0.15) is 0 Å². The Kier molecular flexibility index (Phi) is 2.26. The third-order valence-corrected chi connectivity index (χ3v) is 3.54. The molecule has 5 heteroatoms. The Morgan fingerprint density at radius 1 is 1.44 bits per heavy atom. The molecule has 1 aliphatic rings. The number of nitrogens with one attached hydrogen (secondary N) is 1. The second-order valence-corrected chi connectivity index (χ2v) is 4.55. The molecule has 1 fully saturated rings. The van der Waals surface area contributed by atoms with E-state index in [-0.39, 0.29) is 0 Å². The van der Waals surface area contributed by atoms with Crippen LogP contribution in [0.5, 0.6) is 0 Å². The summed E-state index contributed by atoms with van der Waals surface area (Å²) in [5.74, 6) is 6.21. The van der Waals surface area contributed by atoms with Gasteiger partial charge in [0, 0.05) is 6.04 Å². The smallest absolute Gasteiger partial charge is 0.218 e. The first-order valence-electron chi connectivity index (χ1n) is 5.44. The zero-order chi connectivity index (χ0) is 11.1. The lowest BCUT2D eigenvalue weighted by molar-refractivity contribution is 0.323. The van der Waals surface area contributed by atoms with E-state index in [0.29, 0.717) is 17.0 Å². The van der Waals surface area contributed by atoms with Crippen LogP contribution in [0.1, 0.15) is 25.3 Å². The van der Waals surface area contributed by atoms with Crippen molar-refractivity contribution in [2.75, 3.05) is 5.43 Å². The van der Waals surface area contributed by atoms with E-state index in [1.54, 1.807) is 0 Å². The van der Waals surface area contributed by atoms with E-state index in [1.807, 2.05) is 18.2 Å². The molecule has 1 saturated carbocycles. The summed E-state index contributed by atoms with van der Waals surface area (Å²) < 4.78 is 2.16. The standard InChI is InChI=1S/C11H13ClN4/c12-8-5-2-6-9-10(8)14-11(15-13)16(9)7-3-1-4-7/h2,5-7H,1,3-4,13H2,(H,14,15). The van der Waals surface area contributed by atoms with Gasteiger partial charge in [0.1, 0.15) is 5.52 Å². The van der Waals surface area contributed by atoms with Crippen molar-refractivity contribution in [1.82, 2.24) is 9.55 Å². The van der Waals surface area contributed by atoms with E-state index in [9.17, 15) is 0 Å². The highest BCUT2D eigenvalue weighted by Crippen LogP contribution is 2.38. The van der Waals surface area contributed by atoms with Gasteiger partial charge in [-0.25, -0.2) is 10.8 Å². The largest absolute Gasteiger partial charge is 0.306 e. The Morgan fingerprint density at radius 3 is 2.88 bits per heavy atom. The first-order chi connectivity index (χ1) is 7.81. The Hall–Kier alpha value is -1.26. The number of hydrogen-bond donors (Lipinski definition) is 2. The molecule has 4 nitrogen and oxygen atoms in total. The molecule has 0 spiro atoms. The normalized spacial score (nSPS) is 16.4. The maximum atomic E-state index is 6.12. The minimum atomic E-state index is 0.509. The van der Waals surface area contributed by atoms with Crippen molar-refractivity contribution in [2.45, 2.75) is 25.3 Å². The summed E-state index contributed by atoms with van der Waals surface area (Å²) in [5.41, 5.74) is 4.54. The molecule has 0 saturated heterocycles. The molecule has 0 radical (unpaired) electrons. The summed E-state index contributed by atoms with van der Waals surface area (Å²) in [6.07, 6.45) is 3.65. The molecule has 0 aliphatic heterocycles. The number of nitrogens with zero attached hydrogens (tertiary/aromatic N) is 2. The number of nitrogens with two attached hydrogens (primary N) is 1. The van der Waals surface area contributed by atoms with Gasteiger partial charge in [-0.1, -0.05) is 17.7 Å². The molecule has 1 aromatic heterocycles. The maximum Gasteiger partial charge on any atom is 0.218 e. The second-order valence-electron chi connectivity index (χ2n) is 4.14. The first-order valence-corrected chi connectivity index (χ1v) is 5.82. The molecule has 0 amide bonds. The molecule has 1 aromatic carbocycles. The summed E-state index contributed by atoms with van der Waals surface area (Å²) in [4.78, 5) is 4.43. The third kappa shape index (κ3) is 1.30. The molecular formula is C11H13ClN4. The maximum absolute atomic E-state index is 6.12. The van der Waals surface area contributed by atoms with E-state index in [2.05, 4.69) is 15.0 Å². The van der Waals surface area contributed by atoms with E-state index in [4.69, 9.17) is 17.4 Å². The van der Waals surface area contributed by atoms with Gasteiger partial charge in [-0.05, 0) is 31.4 Å². The van der Waals surface area contributed by atoms with Crippen molar-refractivity contribution in [3.63, 3.8) is 0 Å². The zero-order valence-electron chi connectivity index (χ0n) is 8.78. The van der Waals surface area contributed by atoms with Crippen molar-refractivity contribution < 1.29 is 0 Å². The highest BCUT2D eigenvalue weighted by atomic mass is 35.5. The van der Waals surface area contributed by atoms with Crippen molar-refractivity contribution in [1.29, 1.82) is 0 Å². The second kappa shape index (κ2) is 3.64. The van der Waals surface area contributed by atoms with Gasteiger partial charge in [-0.3, -0.25) is 5.43 Å². The zero-order valence-corrected chi connectivity index (χ0v) is 9.54.